The number of nitrogen functional groups attached to an aromatic ring is 1. The normalized spacial score (nSPS) is 10.6. The van der Waals surface area contributed by atoms with Crippen LogP contribution in [-0.4, -0.2) is 6.61 Å². The van der Waals surface area contributed by atoms with E-state index < -0.39 is 0 Å². The Labute approximate surface area is 85.4 Å². The van der Waals surface area contributed by atoms with Crippen molar-refractivity contribution in [3.8, 4) is 5.75 Å². The first-order valence-corrected chi connectivity index (χ1v) is 4.96. The minimum atomic E-state index is 0.629. The Morgan fingerprint density at radius 1 is 1.21 bits per heavy atom. The summed E-state index contributed by atoms with van der Waals surface area (Å²) in [4.78, 5) is 0. The predicted molar refractivity (Wildman–Crippen MR) is 60.4 cm³/mol. The van der Waals surface area contributed by atoms with E-state index >= 15 is 0 Å². The van der Waals surface area contributed by atoms with Gasteiger partial charge in [-0.2, -0.15) is 0 Å². The van der Waals surface area contributed by atoms with Crippen molar-refractivity contribution in [3.63, 3.8) is 0 Å². The summed E-state index contributed by atoms with van der Waals surface area (Å²) < 4.78 is 5.47. The number of unbranched alkanes of at least 4 members (excludes halogenated alkanes) is 1. The van der Waals surface area contributed by atoms with Gasteiger partial charge in [-0.25, -0.2) is 0 Å². The zero-order valence-electron chi connectivity index (χ0n) is 8.57. The lowest BCUT2D eigenvalue weighted by Gasteiger charge is -2.02. The Kier molecular flexibility index (Phi) is 4.62. The lowest BCUT2D eigenvalue weighted by molar-refractivity contribution is 0.362. The lowest BCUT2D eigenvalue weighted by Crippen LogP contribution is -1.93. The smallest absolute Gasteiger partial charge is 0.119 e. The molecule has 0 bridgehead atoms. The molecule has 0 aliphatic rings. The van der Waals surface area contributed by atoms with Crippen molar-refractivity contribution in [3.05, 3.63) is 36.4 Å². The Hall–Kier alpha value is -1.44. The highest BCUT2D eigenvalue weighted by atomic mass is 16.5. The number of benzene rings is 1. The highest BCUT2D eigenvalue weighted by Gasteiger charge is 1.89. The summed E-state index contributed by atoms with van der Waals surface area (Å²) in [5.41, 5.74) is 6.31. The van der Waals surface area contributed by atoms with Crippen LogP contribution in [0.4, 0.5) is 5.69 Å². The van der Waals surface area contributed by atoms with E-state index in [9.17, 15) is 0 Å². The summed E-state index contributed by atoms with van der Waals surface area (Å²) in [6.07, 6.45) is 6.47. The third-order valence-corrected chi connectivity index (χ3v) is 1.85. The molecule has 76 valence electrons. The van der Waals surface area contributed by atoms with Crippen LogP contribution in [0.1, 0.15) is 19.8 Å². The van der Waals surface area contributed by atoms with Gasteiger partial charge in [0, 0.05) is 5.69 Å². The SMILES string of the molecule is CCCC=CCOc1ccc(N)cc1. The first-order valence-electron chi connectivity index (χ1n) is 4.96. The molecule has 0 atom stereocenters. The zero-order valence-corrected chi connectivity index (χ0v) is 8.57. The molecule has 0 aromatic heterocycles. The third-order valence-electron chi connectivity index (χ3n) is 1.85. The van der Waals surface area contributed by atoms with Crippen molar-refractivity contribution in [2.45, 2.75) is 19.8 Å². The van der Waals surface area contributed by atoms with Gasteiger partial charge in [0.2, 0.25) is 0 Å². The van der Waals surface area contributed by atoms with Crippen LogP contribution in [0, 0.1) is 0 Å². The van der Waals surface area contributed by atoms with Gasteiger partial charge in [-0.1, -0.05) is 25.5 Å². The summed E-state index contributed by atoms with van der Waals surface area (Å²) in [5.74, 6) is 0.861. The van der Waals surface area contributed by atoms with E-state index in [0.29, 0.717) is 6.61 Å². The zero-order chi connectivity index (χ0) is 10.2. The van der Waals surface area contributed by atoms with Crippen LogP contribution in [0.5, 0.6) is 5.75 Å². The Balaban J connectivity index is 2.28. The molecule has 2 N–H and O–H groups in total. The maximum absolute atomic E-state index is 5.55. The molecule has 2 heteroatoms. The molecular formula is C12H17NO. The molecule has 1 aromatic carbocycles. The van der Waals surface area contributed by atoms with Gasteiger partial charge in [0.05, 0.1) is 0 Å². The fourth-order valence-corrected chi connectivity index (χ4v) is 1.06. The number of anilines is 1. The van der Waals surface area contributed by atoms with Crippen molar-refractivity contribution < 1.29 is 4.74 Å². The molecule has 1 rings (SSSR count). The molecule has 1 aromatic rings. The molecular weight excluding hydrogens is 174 g/mol. The van der Waals surface area contributed by atoms with Crippen LogP contribution in [0.15, 0.2) is 36.4 Å². The number of ether oxygens (including phenoxy) is 1. The maximum atomic E-state index is 5.55. The third kappa shape index (κ3) is 3.99. The molecule has 0 fully saturated rings. The second kappa shape index (κ2) is 6.08. The molecule has 0 amide bonds. The van der Waals surface area contributed by atoms with Crippen molar-refractivity contribution in [2.75, 3.05) is 12.3 Å². The minimum absolute atomic E-state index is 0.629. The van der Waals surface area contributed by atoms with E-state index in [1.807, 2.05) is 30.3 Å². The average Bonchev–Trinajstić information content (AvgIpc) is 2.21. The van der Waals surface area contributed by atoms with Gasteiger partial charge in [-0.05, 0) is 30.7 Å². The van der Waals surface area contributed by atoms with Crippen LogP contribution in [0.3, 0.4) is 0 Å². The Bertz CT molecular complexity index is 277. The summed E-state index contributed by atoms with van der Waals surface area (Å²) in [7, 11) is 0. The first kappa shape index (κ1) is 10.6. The second-order valence-electron chi connectivity index (χ2n) is 3.14. The number of nitrogens with two attached hydrogens (primary N) is 1. The van der Waals surface area contributed by atoms with Gasteiger partial charge < -0.3 is 10.5 Å². The molecule has 0 saturated heterocycles. The molecule has 0 heterocycles. The van der Waals surface area contributed by atoms with Crippen LogP contribution in [0.2, 0.25) is 0 Å². The van der Waals surface area contributed by atoms with E-state index in [-0.39, 0.29) is 0 Å². The van der Waals surface area contributed by atoms with Gasteiger partial charge in [0.25, 0.3) is 0 Å². The van der Waals surface area contributed by atoms with Gasteiger partial charge in [-0.3, -0.25) is 0 Å². The van der Waals surface area contributed by atoms with E-state index in [4.69, 9.17) is 10.5 Å². The van der Waals surface area contributed by atoms with Gasteiger partial charge >= 0.3 is 0 Å². The largest absolute Gasteiger partial charge is 0.490 e. The number of allylic oxidation sites excluding steroid dienone is 1. The number of rotatable bonds is 5. The van der Waals surface area contributed by atoms with E-state index in [0.717, 1.165) is 17.9 Å². The van der Waals surface area contributed by atoms with Gasteiger partial charge in [0.1, 0.15) is 12.4 Å². The molecule has 0 radical (unpaired) electrons. The summed E-state index contributed by atoms with van der Waals surface area (Å²) in [5, 5.41) is 0. The van der Waals surface area contributed by atoms with Crippen molar-refractivity contribution in [2.24, 2.45) is 0 Å². The van der Waals surface area contributed by atoms with E-state index in [1.54, 1.807) is 0 Å². The number of hydrogen-bond donors (Lipinski definition) is 1. The molecule has 0 unspecified atom stereocenters. The quantitative estimate of drug-likeness (QED) is 0.573. The van der Waals surface area contributed by atoms with Crippen LogP contribution in [0.25, 0.3) is 0 Å². The topological polar surface area (TPSA) is 35.2 Å². The van der Waals surface area contributed by atoms with Crippen molar-refractivity contribution >= 4 is 5.69 Å². The Morgan fingerprint density at radius 2 is 1.93 bits per heavy atom. The van der Waals surface area contributed by atoms with E-state index in [2.05, 4.69) is 13.0 Å². The summed E-state index contributed by atoms with van der Waals surface area (Å²) in [6.45, 7) is 2.79. The Morgan fingerprint density at radius 3 is 2.57 bits per heavy atom. The van der Waals surface area contributed by atoms with Crippen LogP contribution >= 0.6 is 0 Å². The molecule has 0 aliphatic heterocycles. The summed E-state index contributed by atoms with van der Waals surface area (Å²) >= 11 is 0. The maximum Gasteiger partial charge on any atom is 0.119 e. The van der Waals surface area contributed by atoms with Crippen molar-refractivity contribution in [1.29, 1.82) is 0 Å². The van der Waals surface area contributed by atoms with E-state index in [1.165, 1.54) is 6.42 Å². The predicted octanol–water partition coefficient (Wildman–Crippen LogP) is 3.00. The highest BCUT2D eigenvalue weighted by Crippen LogP contribution is 2.12. The molecule has 2 nitrogen and oxygen atoms in total. The lowest BCUT2D eigenvalue weighted by atomic mass is 10.3. The summed E-state index contributed by atoms with van der Waals surface area (Å²) in [6, 6.07) is 7.43. The molecule has 14 heavy (non-hydrogen) atoms. The minimum Gasteiger partial charge on any atom is -0.490 e. The average molecular weight is 191 g/mol. The molecule has 0 spiro atoms. The molecule has 0 aliphatic carbocycles. The van der Waals surface area contributed by atoms with Crippen LogP contribution in [-0.2, 0) is 0 Å². The van der Waals surface area contributed by atoms with Gasteiger partial charge in [0.15, 0.2) is 0 Å². The first-order chi connectivity index (χ1) is 6.83. The highest BCUT2D eigenvalue weighted by molar-refractivity contribution is 5.41. The fraction of sp³-hybridized carbons (Fsp3) is 0.333. The van der Waals surface area contributed by atoms with Crippen LogP contribution < -0.4 is 10.5 Å². The van der Waals surface area contributed by atoms with Gasteiger partial charge in [-0.15, -0.1) is 0 Å². The van der Waals surface area contributed by atoms with Crippen molar-refractivity contribution in [1.82, 2.24) is 0 Å². The standard InChI is InChI=1S/C12H17NO/c1-2-3-4-5-10-14-12-8-6-11(13)7-9-12/h4-9H,2-3,10,13H2,1H3. The number of hydrogen-bond acceptors (Lipinski definition) is 2. The second-order valence-corrected chi connectivity index (χ2v) is 3.14. The molecule has 0 saturated carbocycles. The fourth-order valence-electron chi connectivity index (χ4n) is 1.06. The monoisotopic (exact) mass is 191 g/mol.